The molecule has 0 aromatic carbocycles. The van der Waals surface area contributed by atoms with Crippen molar-refractivity contribution in [1.82, 2.24) is 20.3 Å². The maximum absolute atomic E-state index is 6.20. The molecule has 20 heavy (non-hydrogen) atoms. The van der Waals surface area contributed by atoms with E-state index in [-0.39, 0.29) is 11.6 Å². The summed E-state index contributed by atoms with van der Waals surface area (Å²) in [5.74, 6) is 0. The Labute approximate surface area is 120 Å². The van der Waals surface area contributed by atoms with Gasteiger partial charge in [-0.05, 0) is 19.9 Å². The molecule has 0 radical (unpaired) electrons. The van der Waals surface area contributed by atoms with Crippen molar-refractivity contribution in [3.05, 3.63) is 11.9 Å². The number of rotatable bonds is 7. The smallest absolute Gasteiger partial charge is 0.0935 e. The zero-order valence-corrected chi connectivity index (χ0v) is 12.8. The third kappa shape index (κ3) is 3.19. The first-order chi connectivity index (χ1) is 9.73. The highest BCUT2D eigenvalue weighted by Crippen LogP contribution is 2.37. The van der Waals surface area contributed by atoms with Crippen LogP contribution in [0.3, 0.4) is 0 Å². The van der Waals surface area contributed by atoms with Gasteiger partial charge < -0.3 is 14.8 Å². The molecule has 1 unspecified atom stereocenters. The molecule has 0 saturated carbocycles. The number of aromatic nitrogens is 3. The van der Waals surface area contributed by atoms with Crippen molar-refractivity contribution in [2.24, 2.45) is 7.05 Å². The maximum atomic E-state index is 6.20. The molecule has 6 nitrogen and oxygen atoms in total. The van der Waals surface area contributed by atoms with Crippen LogP contribution in [0.2, 0.25) is 0 Å². The molecule has 6 heteroatoms. The molecule has 1 aliphatic heterocycles. The minimum absolute atomic E-state index is 0.103. The number of hydrogen-bond donors (Lipinski definition) is 1. The second-order valence-electron chi connectivity index (χ2n) is 5.28. The fraction of sp³-hybridized carbons (Fsp3) is 0.857. The monoisotopic (exact) mass is 282 g/mol. The maximum Gasteiger partial charge on any atom is 0.0935 e. The molecule has 0 amide bonds. The van der Waals surface area contributed by atoms with Crippen LogP contribution >= 0.6 is 0 Å². The summed E-state index contributed by atoms with van der Waals surface area (Å²) in [7, 11) is 1.93. The van der Waals surface area contributed by atoms with Gasteiger partial charge in [-0.2, -0.15) is 0 Å². The van der Waals surface area contributed by atoms with E-state index in [9.17, 15) is 0 Å². The summed E-state index contributed by atoms with van der Waals surface area (Å²) in [4.78, 5) is 0. The van der Waals surface area contributed by atoms with Crippen molar-refractivity contribution < 1.29 is 9.47 Å². The van der Waals surface area contributed by atoms with Crippen molar-refractivity contribution in [2.45, 2.75) is 44.8 Å². The summed E-state index contributed by atoms with van der Waals surface area (Å²) in [6, 6.07) is 0.103. The van der Waals surface area contributed by atoms with Gasteiger partial charge in [-0.15, -0.1) is 5.10 Å². The Hall–Kier alpha value is -0.980. The number of nitrogens with one attached hydrogen (secondary N) is 1. The van der Waals surface area contributed by atoms with Gasteiger partial charge in [0.15, 0.2) is 0 Å². The van der Waals surface area contributed by atoms with Crippen molar-refractivity contribution >= 4 is 0 Å². The highest BCUT2D eigenvalue weighted by Gasteiger charge is 2.43. The van der Waals surface area contributed by atoms with E-state index in [1.807, 2.05) is 17.9 Å². The summed E-state index contributed by atoms with van der Waals surface area (Å²) in [5.41, 5.74) is 0.853. The van der Waals surface area contributed by atoms with E-state index in [1.54, 1.807) is 0 Å². The van der Waals surface area contributed by atoms with E-state index < -0.39 is 0 Å². The topological polar surface area (TPSA) is 61.2 Å². The first kappa shape index (κ1) is 15.4. The lowest BCUT2D eigenvalue weighted by Crippen LogP contribution is -2.50. The molecule has 1 N–H and O–H groups in total. The molecule has 1 saturated heterocycles. The van der Waals surface area contributed by atoms with E-state index in [4.69, 9.17) is 9.47 Å². The standard InChI is InChI=1S/C14H26N4O2/c1-4-8-15-13(12-11-16-17-18(12)3)14(20-5-2)6-9-19-10-7-14/h11,13,15H,4-10H2,1-3H3. The van der Waals surface area contributed by atoms with Crippen molar-refractivity contribution in [1.29, 1.82) is 0 Å². The van der Waals surface area contributed by atoms with Crippen molar-refractivity contribution in [2.75, 3.05) is 26.4 Å². The van der Waals surface area contributed by atoms with Gasteiger partial charge in [-0.1, -0.05) is 12.1 Å². The number of aryl methyl sites for hydroxylation is 1. The summed E-state index contributed by atoms with van der Waals surface area (Å²) in [6.45, 7) is 7.37. The largest absolute Gasteiger partial charge is 0.381 e. The fourth-order valence-corrected chi connectivity index (χ4v) is 2.93. The number of hydrogen-bond acceptors (Lipinski definition) is 5. The molecule has 2 heterocycles. The molecule has 1 aliphatic rings. The molecule has 114 valence electrons. The van der Waals surface area contributed by atoms with Crippen molar-refractivity contribution in [3.8, 4) is 0 Å². The summed E-state index contributed by atoms with van der Waals surface area (Å²) < 4.78 is 13.6. The minimum Gasteiger partial charge on any atom is -0.381 e. The zero-order valence-electron chi connectivity index (χ0n) is 12.8. The highest BCUT2D eigenvalue weighted by molar-refractivity contribution is 5.11. The molecule has 0 spiro atoms. The quantitative estimate of drug-likeness (QED) is 0.820. The lowest BCUT2D eigenvalue weighted by atomic mass is 9.84. The van der Waals surface area contributed by atoms with Crippen LogP contribution in [-0.2, 0) is 16.5 Å². The van der Waals surface area contributed by atoms with Gasteiger partial charge in [0.05, 0.1) is 23.5 Å². The van der Waals surface area contributed by atoms with E-state index in [0.717, 1.165) is 44.7 Å². The van der Waals surface area contributed by atoms with Crippen LogP contribution in [0, 0.1) is 0 Å². The summed E-state index contributed by atoms with van der Waals surface area (Å²) in [6.07, 6.45) is 4.71. The first-order valence-corrected chi connectivity index (χ1v) is 7.53. The van der Waals surface area contributed by atoms with Gasteiger partial charge in [-0.3, -0.25) is 4.68 Å². The molecule has 1 fully saturated rings. The van der Waals surface area contributed by atoms with E-state index in [2.05, 4.69) is 29.5 Å². The minimum atomic E-state index is -0.225. The predicted octanol–water partition coefficient (Wildman–Crippen LogP) is 1.44. The second-order valence-corrected chi connectivity index (χ2v) is 5.28. The van der Waals surface area contributed by atoms with Crippen molar-refractivity contribution in [3.63, 3.8) is 0 Å². The molecule has 2 rings (SSSR count). The molecule has 0 bridgehead atoms. The second kappa shape index (κ2) is 7.15. The third-order valence-corrected chi connectivity index (χ3v) is 3.94. The Balaban J connectivity index is 2.29. The van der Waals surface area contributed by atoms with Gasteiger partial charge in [-0.25, -0.2) is 0 Å². The molecule has 0 aliphatic carbocycles. The van der Waals surface area contributed by atoms with Crippen LogP contribution in [0.1, 0.15) is 44.8 Å². The Morgan fingerprint density at radius 3 is 2.75 bits per heavy atom. The van der Waals surface area contributed by atoms with Crippen LogP contribution < -0.4 is 5.32 Å². The van der Waals surface area contributed by atoms with Crippen LogP contribution in [-0.4, -0.2) is 47.0 Å². The number of ether oxygens (including phenoxy) is 2. The summed E-state index contributed by atoms with van der Waals surface area (Å²) >= 11 is 0. The first-order valence-electron chi connectivity index (χ1n) is 7.53. The lowest BCUT2D eigenvalue weighted by molar-refractivity contribution is -0.129. The van der Waals surface area contributed by atoms with Gasteiger partial charge >= 0.3 is 0 Å². The van der Waals surface area contributed by atoms with E-state index in [1.165, 1.54) is 0 Å². The SMILES string of the molecule is CCCNC(c1cnnn1C)C1(OCC)CCOCC1. The van der Waals surface area contributed by atoms with Gasteiger partial charge in [0.2, 0.25) is 0 Å². The van der Waals surface area contributed by atoms with E-state index >= 15 is 0 Å². The molecule has 1 aromatic rings. The lowest BCUT2D eigenvalue weighted by Gasteiger charge is -2.43. The Morgan fingerprint density at radius 2 is 2.20 bits per heavy atom. The molecular formula is C14H26N4O2. The fourth-order valence-electron chi connectivity index (χ4n) is 2.93. The van der Waals surface area contributed by atoms with Crippen LogP contribution in [0.25, 0.3) is 0 Å². The van der Waals surface area contributed by atoms with Gasteiger partial charge in [0, 0.05) is 39.7 Å². The van der Waals surface area contributed by atoms with Gasteiger partial charge in [0.25, 0.3) is 0 Å². The van der Waals surface area contributed by atoms with Crippen LogP contribution in [0.5, 0.6) is 0 Å². The average Bonchev–Trinajstić information content (AvgIpc) is 2.87. The molecular weight excluding hydrogens is 256 g/mol. The average molecular weight is 282 g/mol. The third-order valence-electron chi connectivity index (χ3n) is 3.94. The van der Waals surface area contributed by atoms with Crippen LogP contribution in [0.4, 0.5) is 0 Å². The zero-order chi connectivity index (χ0) is 14.4. The van der Waals surface area contributed by atoms with E-state index in [0.29, 0.717) is 6.61 Å². The molecule has 1 atom stereocenters. The highest BCUT2D eigenvalue weighted by atomic mass is 16.5. The Bertz CT molecular complexity index is 396. The number of nitrogens with zero attached hydrogens (tertiary/aromatic N) is 3. The van der Waals surface area contributed by atoms with Crippen LogP contribution in [0.15, 0.2) is 6.20 Å². The Kier molecular flexibility index (Phi) is 5.51. The van der Waals surface area contributed by atoms with Gasteiger partial charge in [0.1, 0.15) is 0 Å². The summed E-state index contributed by atoms with van der Waals surface area (Å²) in [5, 5.41) is 11.7. The predicted molar refractivity (Wildman–Crippen MR) is 76.4 cm³/mol. The normalized spacial score (nSPS) is 19.9. The molecule has 1 aromatic heterocycles. The Morgan fingerprint density at radius 1 is 1.45 bits per heavy atom.